The first kappa shape index (κ1) is 14.3. The molecule has 0 unspecified atom stereocenters. The van der Waals surface area contributed by atoms with Gasteiger partial charge in [0.15, 0.2) is 0 Å². The summed E-state index contributed by atoms with van der Waals surface area (Å²) in [6.07, 6.45) is 0. The van der Waals surface area contributed by atoms with E-state index in [1.54, 1.807) is 30.4 Å². The first-order valence-corrected chi connectivity index (χ1v) is 6.92. The van der Waals surface area contributed by atoms with Crippen molar-refractivity contribution in [2.75, 3.05) is 5.32 Å². The summed E-state index contributed by atoms with van der Waals surface area (Å²) in [5, 5.41) is 11.7. The number of aromatic carboxylic acids is 1. The van der Waals surface area contributed by atoms with Crippen molar-refractivity contribution in [1.29, 1.82) is 0 Å². The minimum Gasteiger partial charge on any atom is -0.478 e. The van der Waals surface area contributed by atoms with E-state index in [0.29, 0.717) is 11.3 Å². The Labute approximate surface area is 121 Å². The number of carbonyl (C=O) groups excluding carboxylic acids is 1. The molecule has 2 N–H and O–H groups in total. The number of carbonyl (C=O) groups is 2. The number of anilines is 1. The molecule has 104 valence electrons. The van der Waals surface area contributed by atoms with Crippen molar-refractivity contribution in [3.8, 4) is 0 Å². The summed E-state index contributed by atoms with van der Waals surface area (Å²) >= 11 is 1.58. The summed E-state index contributed by atoms with van der Waals surface area (Å²) < 4.78 is 0. The molecule has 1 aromatic carbocycles. The monoisotopic (exact) mass is 289 g/mol. The fourth-order valence-corrected chi connectivity index (χ4v) is 2.90. The standard InChI is InChI=1S/C15H15NO3S/c1-8-6-11(15(18)19)4-5-13(8)16-14(17)12-7-9(2)20-10(12)3/h4-7H,1-3H3,(H,16,17)(H,18,19). The van der Waals surface area contributed by atoms with E-state index in [4.69, 9.17) is 5.11 Å². The van der Waals surface area contributed by atoms with Crippen LogP contribution >= 0.6 is 11.3 Å². The number of carboxylic acids is 1. The molecule has 0 atom stereocenters. The van der Waals surface area contributed by atoms with Crippen molar-refractivity contribution in [3.63, 3.8) is 0 Å². The van der Waals surface area contributed by atoms with Crippen molar-refractivity contribution in [3.05, 3.63) is 50.7 Å². The van der Waals surface area contributed by atoms with Gasteiger partial charge < -0.3 is 10.4 Å². The van der Waals surface area contributed by atoms with Crippen LogP contribution in [0.15, 0.2) is 24.3 Å². The lowest BCUT2D eigenvalue weighted by atomic mass is 10.1. The van der Waals surface area contributed by atoms with Crippen LogP contribution in [0, 0.1) is 20.8 Å². The second-order valence-electron chi connectivity index (χ2n) is 4.62. The normalized spacial score (nSPS) is 10.3. The molecule has 5 heteroatoms. The van der Waals surface area contributed by atoms with Gasteiger partial charge in [-0.05, 0) is 50.6 Å². The first-order chi connectivity index (χ1) is 9.38. The number of benzene rings is 1. The molecule has 0 saturated carbocycles. The van der Waals surface area contributed by atoms with Crippen LogP contribution in [-0.2, 0) is 0 Å². The van der Waals surface area contributed by atoms with Crippen LogP contribution < -0.4 is 5.32 Å². The molecule has 0 fully saturated rings. The van der Waals surface area contributed by atoms with Crippen molar-refractivity contribution >= 4 is 28.9 Å². The van der Waals surface area contributed by atoms with Gasteiger partial charge in [-0.3, -0.25) is 4.79 Å². The summed E-state index contributed by atoms with van der Waals surface area (Å²) in [7, 11) is 0. The molecule has 0 aliphatic rings. The smallest absolute Gasteiger partial charge is 0.335 e. The Morgan fingerprint density at radius 3 is 2.35 bits per heavy atom. The highest BCUT2D eigenvalue weighted by molar-refractivity contribution is 7.12. The first-order valence-electron chi connectivity index (χ1n) is 6.11. The summed E-state index contributed by atoms with van der Waals surface area (Å²) in [5.74, 6) is -1.15. The van der Waals surface area contributed by atoms with Crippen LogP contribution in [0.5, 0.6) is 0 Å². The van der Waals surface area contributed by atoms with Gasteiger partial charge in [-0.1, -0.05) is 0 Å². The molecule has 0 saturated heterocycles. The Hall–Kier alpha value is -2.14. The predicted molar refractivity (Wildman–Crippen MR) is 79.9 cm³/mol. The van der Waals surface area contributed by atoms with E-state index in [-0.39, 0.29) is 11.5 Å². The van der Waals surface area contributed by atoms with E-state index < -0.39 is 5.97 Å². The van der Waals surface area contributed by atoms with Crippen LogP contribution in [-0.4, -0.2) is 17.0 Å². The maximum absolute atomic E-state index is 12.2. The van der Waals surface area contributed by atoms with Gasteiger partial charge in [0.05, 0.1) is 11.1 Å². The molecule has 1 aromatic heterocycles. The van der Waals surface area contributed by atoms with Gasteiger partial charge in [0.25, 0.3) is 5.91 Å². The van der Waals surface area contributed by atoms with Crippen LogP contribution in [0.4, 0.5) is 5.69 Å². The topological polar surface area (TPSA) is 66.4 Å². The maximum Gasteiger partial charge on any atom is 0.335 e. The SMILES string of the molecule is Cc1cc(C(=O)Nc2ccc(C(=O)O)cc2C)c(C)s1. The van der Waals surface area contributed by atoms with Gasteiger partial charge in [0.2, 0.25) is 0 Å². The lowest BCUT2D eigenvalue weighted by Crippen LogP contribution is -2.13. The van der Waals surface area contributed by atoms with Crippen LogP contribution in [0.2, 0.25) is 0 Å². The van der Waals surface area contributed by atoms with Crippen molar-refractivity contribution in [2.45, 2.75) is 20.8 Å². The fourth-order valence-electron chi connectivity index (χ4n) is 1.98. The maximum atomic E-state index is 12.2. The molecular formula is C15H15NO3S. The zero-order valence-electron chi connectivity index (χ0n) is 11.5. The van der Waals surface area contributed by atoms with Crippen molar-refractivity contribution in [2.24, 2.45) is 0 Å². The van der Waals surface area contributed by atoms with Crippen molar-refractivity contribution < 1.29 is 14.7 Å². The van der Waals surface area contributed by atoms with Gasteiger partial charge in [0.1, 0.15) is 0 Å². The van der Waals surface area contributed by atoms with E-state index in [1.807, 2.05) is 19.9 Å². The van der Waals surface area contributed by atoms with E-state index in [1.165, 1.54) is 6.07 Å². The average molecular weight is 289 g/mol. The second kappa shape index (κ2) is 5.46. The van der Waals surface area contributed by atoms with E-state index in [2.05, 4.69) is 5.32 Å². The van der Waals surface area contributed by atoms with Gasteiger partial charge in [-0.15, -0.1) is 11.3 Å². The number of amides is 1. The van der Waals surface area contributed by atoms with Crippen molar-refractivity contribution in [1.82, 2.24) is 0 Å². The lowest BCUT2D eigenvalue weighted by Gasteiger charge is -2.09. The van der Waals surface area contributed by atoms with Gasteiger partial charge in [-0.2, -0.15) is 0 Å². The third kappa shape index (κ3) is 2.88. The number of nitrogens with one attached hydrogen (secondary N) is 1. The molecule has 20 heavy (non-hydrogen) atoms. The zero-order valence-corrected chi connectivity index (χ0v) is 12.3. The number of carboxylic acid groups (broad SMARTS) is 1. The van der Waals surface area contributed by atoms with E-state index in [0.717, 1.165) is 15.3 Å². The number of hydrogen-bond donors (Lipinski definition) is 2. The lowest BCUT2D eigenvalue weighted by molar-refractivity contribution is 0.0696. The number of rotatable bonds is 3. The summed E-state index contributed by atoms with van der Waals surface area (Å²) in [5.41, 5.74) is 2.23. The molecule has 2 aromatic rings. The average Bonchev–Trinajstić information content (AvgIpc) is 2.70. The predicted octanol–water partition coefficient (Wildman–Crippen LogP) is 3.62. The number of hydrogen-bond acceptors (Lipinski definition) is 3. The molecular weight excluding hydrogens is 274 g/mol. The molecule has 0 spiro atoms. The Bertz CT molecular complexity index is 688. The molecule has 0 radical (unpaired) electrons. The summed E-state index contributed by atoms with van der Waals surface area (Å²) in [6.45, 7) is 5.64. The largest absolute Gasteiger partial charge is 0.478 e. The quantitative estimate of drug-likeness (QED) is 0.906. The van der Waals surface area contributed by atoms with Gasteiger partial charge in [0, 0.05) is 15.4 Å². The van der Waals surface area contributed by atoms with E-state index >= 15 is 0 Å². The van der Waals surface area contributed by atoms with Crippen LogP contribution in [0.25, 0.3) is 0 Å². The molecule has 1 amide bonds. The molecule has 1 heterocycles. The minimum atomic E-state index is -0.977. The van der Waals surface area contributed by atoms with Gasteiger partial charge >= 0.3 is 5.97 Å². The molecule has 0 aliphatic carbocycles. The van der Waals surface area contributed by atoms with E-state index in [9.17, 15) is 9.59 Å². The Morgan fingerprint density at radius 2 is 1.85 bits per heavy atom. The number of aryl methyl sites for hydroxylation is 3. The minimum absolute atomic E-state index is 0.168. The third-order valence-corrected chi connectivity index (χ3v) is 3.97. The molecule has 0 aliphatic heterocycles. The highest BCUT2D eigenvalue weighted by atomic mass is 32.1. The Morgan fingerprint density at radius 1 is 1.15 bits per heavy atom. The highest BCUT2D eigenvalue weighted by Gasteiger charge is 2.13. The van der Waals surface area contributed by atoms with Crippen LogP contribution in [0.1, 0.15) is 36.0 Å². The highest BCUT2D eigenvalue weighted by Crippen LogP contribution is 2.23. The molecule has 0 bridgehead atoms. The second-order valence-corrected chi connectivity index (χ2v) is 6.08. The summed E-state index contributed by atoms with van der Waals surface area (Å²) in [4.78, 5) is 25.1. The molecule has 4 nitrogen and oxygen atoms in total. The zero-order chi connectivity index (χ0) is 14.9. The summed E-state index contributed by atoms with van der Waals surface area (Å²) in [6, 6.07) is 6.50. The molecule has 2 rings (SSSR count). The Balaban J connectivity index is 2.24. The number of thiophene rings is 1. The fraction of sp³-hybridized carbons (Fsp3) is 0.200. The Kier molecular flexibility index (Phi) is 3.90. The van der Waals surface area contributed by atoms with Gasteiger partial charge in [-0.25, -0.2) is 4.79 Å². The third-order valence-electron chi connectivity index (χ3n) is 3.01. The van der Waals surface area contributed by atoms with Crippen LogP contribution in [0.3, 0.4) is 0 Å².